The Bertz CT molecular complexity index is 667. The Kier molecular flexibility index (Phi) is 3.78. The summed E-state index contributed by atoms with van der Waals surface area (Å²) in [6.45, 7) is 7.65. The van der Waals surface area contributed by atoms with E-state index < -0.39 is 0 Å². The molecule has 0 aliphatic carbocycles. The van der Waals surface area contributed by atoms with Gasteiger partial charge >= 0.3 is 0 Å². The number of aromatic nitrogens is 2. The maximum absolute atomic E-state index is 5.92. The Morgan fingerprint density at radius 1 is 1.19 bits per heavy atom. The van der Waals surface area contributed by atoms with Gasteiger partial charge in [-0.2, -0.15) is 0 Å². The van der Waals surface area contributed by atoms with Gasteiger partial charge in [-0.3, -0.25) is 0 Å². The van der Waals surface area contributed by atoms with Crippen LogP contribution in [-0.2, 0) is 6.42 Å². The van der Waals surface area contributed by atoms with E-state index in [4.69, 9.17) is 9.72 Å². The molecular weight excluding hydrogens is 262 g/mol. The van der Waals surface area contributed by atoms with Crippen LogP contribution in [0.2, 0.25) is 0 Å². The van der Waals surface area contributed by atoms with E-state index in [1.54, 1.807) is 0 Å². The molecule has 1 N–H and O–H groups in total. The fourth-order valence-electron chi connectivity index (χ4n) is 2.66. The van der Waals surface area contributed by atoms with E-state index in [1.165, 1.54) is 5.56 Å². The number of anilines is 1. The largest absolute Gasteiger partial charge is 0.493 e. The van der Waals surface area contributed by atoms with Crippen LogP contribution in [-0.4, -0.2) is 23.1 Å². The van der Waals surface area contributed by atoms with Crippen LogP contribution in [0.4, 0.5) is 5.82 Å². The second-order valence-electron chi connectivity index (χ2n) is 5.37. The zero-order valence-corrected chi connectivity index (χ0v) is 12.9. The molecule has 2 heterocycles. The molecule has 3 rings (SSSR count). The van der Waals surface area contributed by atoms with Crippen molar-refractivity contribution in [3.63, 3.8) is 0 Å². The van der Waals surface area contributed by atoms with E-state index >= 15 is 0 Å². The summed E-state index contributed by atoms with van der Waals surface area (Å²) < 4.78 is 5.92. The van der Waals surface area contributed by atoms with Crippen molar-refractivity contribution in [1.82, 2.24) is 9.97 Å². The normalized spacial score (nSPS) is 13.5. The van der Waals surface area contributed by atoms with Crippen molar-refractivity contribution in [2.24, 2.45) is 0 Å². The van der Waals surface area contributed by atoms with Crippen molar-refractivity contribution in [2.45, 2.75) is 33.6 Å². The number of benzene rings is 1. The van der Waals surface area contributed by atoms with Crippen LogP contribution in [0.1, 0.15) is 30.3 Å². The number of fused-ring (bicyclic) bond motifs is 1. The zero-order chi connectivity index (χ0) is 14.8. The third-order valence-electron chi connectivity index (χ3n) is 3.84. The Balaban J connectivity index is 2.18. The lowest BCUT2D eigenvalue weighted by molar-refractivity contribution is 0.289. The van der Waals surface area contributed by atoms with Crippen molar-refractivity contribution < 1.29 is 4.74 Å². The van der Waals surface area contributed by atoms with Crippen LogP contribution in [0, 0.1) is 13.8 Å². The molecule has 4 heteroatoms. The highest BCUT2D eigenvalue weighted by Gasteiger charge is 2.19. The molecule has 1 aromatic heterocycles. The maximum atomic E-state index is 5.92. The van der Waals surface area contributed by atoms with Crippen molar-refractivity contribution in [2.75, 3.05) is 18.5 Å². The zero-order valence-electron chi connectivity index (χ0n) is 12.9. The van der Waals surface area contributed by atoms with Gasteiger partial charge in [0.25, 0.3) is 0 Å². The standard InChI is InChI=1S/C17H21N3O/c1-4-18-17-15(19-11(2)12(3)20-17)14-9-5-7-13-8-6-10-21-16(13)14/h5,7,9H,4,6,8,10H2,1-3H3,(H,18,20). The number of hydrogen-bond acceptors (Lipinski definition) is 4. The molecular formula is C17H21N3O. The van der Waals surface area contributed by atoms with Crippen molar-refractivity contribution in [3.05, 3.63) is 35.2 Å². The van der Waals surface area contributed by atoms with Crippen LogP contribution in [0.5, 0.6) is 5.75 Å². The minimum Gasteiger partial charge on any atom is -0.493 e. The smallest absolute Gasteiger partial charge is 0.153 e. The molecule has 4 nitrogen and oxygen atoms in total. The van der Waals surface area contributed by atoms with E-state index in [9.17, 15) is 0 Å². The molecule has 0 spiro atoms. The highest BCUT2D eigenvalue weighted by Crippen LogP contribution is 2.38. The minimum absolute atomic E-state index is 0.777. The van der Waals surface area contributed by atoms with Crippen molar-refractivity contribution in [1.29, 1.82) is 0 Å². The molecule has 110 valence electrons. The van der Waals surface area contributed by atoms with Crippen molar-refractivity contribution in [3.8, 4) is 17.0 Å². The van der Waals surface area contributed by atoms with Gasteiger partial charge < -0.3 is 10.1 Å². The molecule has 1 aromatic carbocycles. The first-order valence-corrected chi connectivity index (χ1v) is 7.55. The summed E-state index contributed by atoms with van der Waals surface area (Å²) in [5, 5.41) is 3.32. The molecule has 1 aliphatic heterocycles. The lowest BCUT2D eigenvalue weighted by Gasteiger charge is -2.21. The first kappa shape index (κ1) is 13.9. The molecule has 0 saturated carbocycles. The van der Waals surface area contributed by atoms with E-state index in [-0.39, 0.29) is 0 Å². The summed E-state index contributed by atoms with van der Waals surface area (Å²) in [5.74, 6) is 1.81. The van der Waals surface area contributed by atoms with Crippen LogP contribution in [0.3, 0.4) is 0 Å². The molecule has 0 radical (unpaired) electrons. The van der Waals surface area contributed by atoms with Gasteiger partial charge in [-0.05, 0) is 45.2 Å². The van der Waals surface area contributed by atoms with Gasteiger partial charge in [0.2, 0.25) is 0 Å². The molecule has 0 bridgehead atoms. The summed E-state index contributed by atoms with van der Waals surface area (Å²) in [6, 6.07) is 6.29. The number of nitrogens with one attached hydrogen (secondary N) is 1. The second kappa shape index (κ2) is 5.72. The summed E-state index contributed by atoms with van der Waals surface area (Å²) >= 11 is 0. The Labute approximate surface area is 125 Å². The quantitative estimate of drug-likeness (QED) is 0.936. The van der Waals surface area contributed by atoms with Gasteiger partial charge in [-0.15, -0.1) is 0 Å². The van der Waals surface area contributed by atoms with Gasteiger partial charge in [0.15, 0.2) is 5.82 Å². The molecule has 1 aliphatic rings. The molecule has 0 saturated heterocycles. The maximum Gasteiger partial charge on any atom is 0.153 e. The monoisotopic (exact) mass is 283 g/mol. The summed E-state index contributed by atoms with van der Waals surface area (Å²) in [6.07, 6.45) is 2.15. The van der Waals surface area contributed by atoms with Crippen LogP contribution in [0.15, 0.2) is 18.2 Å². The second-order valence-corrected chi connectivity index (χ2v) is 5.37. The van der Waals surface area contributed by atoms with Crippen molar-refractivity contribution >= 4 is 5.82 Å². The Hall–Kier alpha value is -2.10. The number of nitrogens with zero attached hydrogens (tertiary/aromatic N) is 2. The van der Waals surface area contributed by atoms with Gasteiger partial charge in [0.05, 0.1) is 18.0 Å². The highest BCUT2D eigenvalue weighted by molar-refractivity contribution is 5.78. The van der Waals surface area contributed by atoms with Gasteiger partial charge in [0, 0.05) is 12.1 Å². The third-order valence-corrected chi connectivity index (χ3v) is 3.84. The number of ether oxygens (including phenoxy) is 1. The van der Waals surface area contributed by atoms with E-state index in [2.05, 4.69) is 35.4 Å². The number of para-hydroxylation sites is 1. The molecule has 0 amide bonds. The number of rotatable bonds is 3. The number of hydrogen-bond donors (Lipinski definition) is 1. The highest BCUT2D eigenvalue weighted by atomic mass is 16.5. The summed E-state index contributed by atoms with van der Waals surface area (Å²) in [7, 11) is 0. The van der Waals surface area contributed by atoms with Crippen LogP contribution >= 0.6 is 0 Å². The van der Waals surface area contributed by atoms with E-state index in [0.717, 1.165) is 60.2 Å². The molecule has 2 aromatic rings. The van der Waals surface area contributed by atoms with Crippen LogP contribution < -0.4 is 10.1 Å². The molecule has 0 atom stereocenters. The topological polar surface area (TPSA) is 47.0 Å². The van der Waals surface area contributed by atoms with Gasteiger partial charge in [0.1, 0.15) is 11.4 Å². The fourth-order valence-corrected chi connectivity index (χ4v) is 2.66. The van der Waals surface area contributed by atoms with E-state index in [0.29, 0.717) is 0 Å². The van der Waals surface area contributed by atoms with Gasteiger partial charge in [-0.1, -0.05) is 12.1 Å². The fraction of sp³-hybridized carbons (Fsp3) is 0.412. The molecule has 0 fully saturated rings. The predicted octanol–water partition coefficient (Wildman–Crippen LogP) is 3.52. The number of aryl methyl sites for hydroxylation is 3. The first-order chi connectivity index (χ1) is 10.2. The summed E-state index contributed by atoms with van der Waals surface area (Å²) in [5.41, 5.74) is 5.11. The molecule has 0 unspecified atom stereocenters. The predicted molar refractivity (Wildman–Crippen MR) is 84.9 cm³/mol. The first-order valence-electron chi connectivity index (χ1n) is 7.55. The third kappa shape index (κ3) is 2.58. The van der Waals surface area contributed by atoms with E-state index in [1.807, 2.05) is 13.8 Å². The summed E-state index contributed by atoms with van der Waals surface area (Å²) in [4.78, 5) is 9.42. The average Bonchev–Trinajstić information content (AvgIpc) is 2.50. The lowest BCUT2D eigenvalue weighted by Crippen LogP contribution is -2.11. The van der Waals surface area contributed by atoms with Crippen LogP contribution in [0.25, 0.3) is 11.3 Å². The molecule has 21 heavy (non-hydrogen) atoms. The Morgan fingerprint density at radius 2 is 2.00 bits per heavy atom. The lowest BCUT2D eigenvalue weighted by atomic mass is 10.00. The van der Waals surface area contributed by atoms with Gasteiger partial charge in [-0.25, -0.2) is 9.97 Å². The average molecular weight is 283 g/mol. The Morgan fingerprint density at radius 3 is 2.81 bits per heavy atom. The minimum atomic E-state index is 0.777. The SMILES string of the molecule is CCNc1nc(C)c(C)nc1-c1cccc2c1OCCC2.